The molecule has 8 rings (SSSR count). The third kappa shape index (κ3) is 4.88. The lowest BCUT2D eigenvalue weighted by molar-refractivity contribution is -0.144. The van der Waals surface area contributed by atoms with Crippen LogP contribution in [-0.4, -0.2) is 57.7 Å². The summed E-state index contributed by atoms with van der Waals surface area (Å²) in [4.78, 5) is 62.3. The van der Waals surface area contributed by atoms with Gasteiger partial charge in [0, 0.05) is 37.2 Å². The number of hydrogen-bond donors (Lipinski definition) is 1. The van der Waals surface area contributed by atoms with E-state index in [4.69, 9.17) is 11.6 Å². The maximum atomic E-state index is 14.5. The number of para-hydroxylation sites is 1. The normalized spacial score (nSPS) is 30.3. The number of hydrogen-bond acceptors (Lipinski definition) is 6. The molecule has 0 radical (unpaired) electrons. The third-order valence-electron chi connectivity index (χ3n) is 11.9. The highest BCUT2D eigenvalue weighted by atomic mass is 35.5. The molecule has 4 amide bonds. The van der Waals surface area contributed by atoms with Crippen molar-refractivity contribution in [2.24, 2.45) is 29.1 Å². The topological polar surface area (TPSA) is 98.2 Å². The van der Waals surface area contributed by atoms with Gasteiger partial charge in [-0.25, -0.2) is 9.29 Å². The number of halogens is 2. The molecule has 3 aliphatic heterocycles. The van der Waals surface area contributed by atoms with E-state index in [0.717, 1.165) is 36.2 Å². The molecule has 0 aromatic heterocycles. The second-order valence-corrected chi connectivity index (χ2v) is 14.8. The SMILES string of the molecule is CC12C(=O)N(c3ccc(F)c(Cl)c3)C(=O)C1CC1C(=CCC3C(=O)N(C4CCN(Cc5ccccc5)CC4)C(=O)C31)C2c1ccccc1O. The monoisotopic (exact) mass is 681 g/mol. The summed E-state index contributed by atoms with van der Waals surface area (Å²) in [6, 6.07) is 20.6. The summed E-state index contributed by atoms with van der Waals surface area (Å²) in [6.45, 7) is 4.11. The van der Waals surface area contributed by atoms with Crippen molar-refractivity contribution in [3.8, 4) is 5.75 Å². The first-order valence-electron chi connectivity index (χ1n) is 17.0. The minimum absolute atomic E-state index is 0.0163. The van der Waals surface area contributed by atoms with Crippen LogP contribution in [-0.2, 0) is 25.7 Å². The lowest BCUT2D eigenvalue weighted by Crippen LogP contribution is -2.49. The molecule has 6 atom stereocenters. The van der Waals surface area contributed by atoms with Crippen LogP contribution in [0.15, 0.2) is 84.4 Å². The van der Waals surface area contributed by atoms with Crippen molar-refractivity contribution in [1.29, 1.82) is 0 Å². The minimum Gasteiger partial charge on any atom is -0.508 e. The van der Waals surface area contributed by atoms with Crippen LogP contribution >= 0.6 is 11.6 Å². The van der Waals surface area contributed by atoms with Crippen molar-refractivity contribution in [2.75, 3.05) is 18.0 Å². The zero-order chi connectivity index (χ0) is 34.2. The number of rotatable bonds is 5. The van der Waals surface area contributed by atoms with E-state index in [0.29, 0.717) is 24.8 Å². The number of aromatic hydroxyl groups is 1. The summed E-state index contributed by atoms with van der Waals surface area (Å²) in [5.41, 5.74) is 1.37. The number of benzene rings is 3. The molecule has 252 valence electrons. The van der Waals surface area contributed by atoms with E-state index >= 15 is 0 Å². The van der Waals surface area contributed by atoms with Crippen LogP contribution in [0.3, 0.4) is 0 Å². The van der Waals surface area contributed by atoms with E-state index in [2.05, 4.69) is 17.0 Å². The zero-order valence-electron chi connectivity index (χ0n) is 27.1. The van der Waals surface area contributed by atoms with E-state index in [9.17, 15) is 28.7 Å². The number of imide groups is 2. The Labute approximate surface area is 289 Å². The Bertz CT molecular complexity index is 1910. The summed E-state index contributed by atoms with van der Waals surface area (Å²) in [6.07, 6.45) is 3.91. The fourth-order valence-electron chi connectivity index (χ4n) is 9.52. The van der Waals surface area contributed by atoms with Gasteiger partial charge in [0.25, 0.3) is 0 Å². The van der Waals surface area contributed by atoms with Crippen LogP contribution in [0.4, 0.5) is 10.1 Å². The number of fused-ring (bicyclic) bond motifs is 4. The Balaban J connectivity index is 1.12. The number of likely N-dealkylation sites (tertiary alicyclic amines) is 2. The molecule has 1 N–H and O–H groups in total. The van der Waals surface area contributed by atoms with Gasteiger partial charge in [0.15, 0.2) is 0 Å². The molecule has 2 aliphatic carbocycles. The zero-order valence-corrected chi connectivity index (χ0v) is 27.9. The molecule has 0 bridgehead atoms. The number of amides is 4. The van der Waals surface area contributed by atoms with Crippen LogP contribution < -0.4 is 4.90 Å². The molecular formula is C39H37ClFN3O5. The van der Waals surface area contributed by atoms with E-state index in [1.807, 2.05) is 24.3 Å². The molecule has 49 heavy (non-hydrogen) atoms. The van der Waals surface area contributed by atoms with Crippen molar-refractivity contribution in [1.82, 2.24) is 9.80 Å². The van der Waals surface area contributed by atoms with Gasteiger partial charge in [-0.15, -0.1) is 0 Å². The smallest absolute Gasteiger partial charge is 0.241 e. The molecule has 6 unspecified atom stereocenters. The molecule has 5 aliphatic rings. The first kappa shape index (κ1) is 31.9. The maximum Gasteiger partial charge on any atom is 0.241 e. The quantitative estimate of drug-likeness (QED) is 0.259. The van der Waals surface area contributed by atoms with Crippen LogP contribution in [0.1, 0.15) is 49.7 Å². The van der Waals surface area contributed by atoms with Gasteiger partial charge in [-0.3, -0.25) is 29.0 Å². The molecule has 0 spiro atoms. The van der Waals surface area contributed by atoms with Gasteiger partial charge in [-0.1, -0.05) is 71.8 Å². The number of anilines is 1. The van der Waals surface area contributed by atoms with Gasteiger partial charge in [0.1, 0.15) is 11.6 Å². The van der Waals surface area contributed by atoms with Crippen molar-refractivity contribution in [3.05, 3.63) is 106 Å². The predicted octanol–water partition coefficient (Wildman–Crippen LogP) is 6.08. The molecule has 3 aromatic carbocycles. The number of phenolic OH excluding ortho intramolecular Hbond substituents is 1. The van der Waals surface area contributed by atoms with Gasteiger partial charge < -0.3 is 5.11 Å². The Morgan fingerprint density at radius 2 is 1.61 bits per heavy atom. The molecule has 1 saturated carbocycles. The number of carbonyl (C=O) groups excluding carboxylic acids is 4. The molecular weight excluding hydrogens is 645 g/mol. The van der Waals surface area contributed by atoms with Crippen LogP contribution in [0.25, 0.3) is 0 Å². The lowest BCUT2D eigenvalue weighted by Gasteiger charge is -2.49. The predicted molar refractivity (Wildman–Crippen MR) is 181 cm³/mol. The van der Waals surface area contributed by atoms with E-state index < -0.39 is 52.6 Å². The summed E-state index contributed by atoms with van der Waals surface area (Å²) < 4.78 is 14.1. The maximum absolute atomic E-state index is 14.5. The second-order valence-electron chi connectivity index (χ2n) is 14.4. The number of carbonyl (C=O) groups is 4. The summed E-state index contributed by atoms with van der Waals surface area (Å²) in [5.74, 6) is -5.25. The number of phenols is 1. The second kappa shape index (κ2) is 11.9. The third-order valence-corrected chi connectivity index (χ3v) is 12.2. The Kier molecular flexibility index (Phi) is 7.76. The van der Waals surface area contributed by atoms with Crippen LogP contribution in [0, 0.1) is 34.9 Å². The van der Waals surface area contributed by atoms with Gasteiger partial charge in [0.05, 0.1) is 33.9 Å². The highest BCUT2D eigenvalue weighted by Gasteiger charge is 2.68. The van der Waals surface area contributed by atoms with Gasteiger partial charge in [-0.05, 0) is 68.4 Å². The molecule has 3 aromatic rings. The Hall–Kier alpha value is -4.34. The first-order chi connectivity index (χ1) is 23.6. The van der Waals surface area contributed by atoms with Crippen molar-refractivity contribution >= 4 is 40.9 Å². The van der Waals surface area contributed by atoms with Crippen LogP contribution in [0.5, 0.6) is 5.75 Å². The number of nitrogens with zero attached hydrogens (tertiary/aromatic N) is 3. The van der Waals surface area contributed by atoms with Gasteiger partial charge in [-0.2, -0.15) is 0 Å². The Morgan fingerprint density at radius 1 is 0.898 bits per heavy atom. The van der Waals surface area contributed by atoms with Crippen molar-refractivity contribution in [3.63, 3.8) is 0 Å². The average Bonchev–Trinajstić information content (AvgIpc) is 3.47. The molecule has 8 nitrogen and oxygen atoms in total. The standard InChI is InChI=1S/C39H37ClFN3O5/c1-39-29(36(47)44(38(39)49)24-11-14-31(41)30(40)19-24)20-28-25(34(39)26-9-5-6-10-32(26)45)12-13-27-33(28)37(48)43(35(27)46)23-15-17-42(18-16-23)21-22-7-3-2-4-8-22/h2-12,14,19,23,27-29,33-34,45H,13,15-18,20-21H2,1H3. The number of allylic oxidation sites excluding steroid dienone is 2. The van der Waals surface area contributed by atoms with Crippen molar-refractivity contribution in [2.45, 2.75) is 51.1 Å². The summed E-state index contributed by atoms with van der Waals surface area (Å²) in [7, 11) is 0. The Morgan fingerprint density at radius 3 is 2.33 bits per heavy atom. The highest BCUT2D eigenvalue weighted by Crippen LogP contribution is 2.64. The molecule has 3 saturated heterocycles. The average molecular weight is 682 g/mol. The van der Waals surface area contributed by atoms with E-state index in [-0.39, 0.29) is 40.7 Å². The molecule has 4 fully saturated rings. The first-order valence-corrected chi connectivity index (χ1v) is 17.4. The lowest BCUT2D eigenvalue weighted by atomic mass is 9.51. The van der Waals surface area contributed by atoms with Gasteiger partial charge >= 0.3 is 0 Å². The molecule has 10 heteroatoms. The fraction of sp³-hybridized carbons (Fsp3) is 0.385. The highest BCUT2D eigenvalue weighted by molar-refractivity contribution is 6.31. The van der Waals surface area contributed by atoms with Crippen molar-refractivity contribution < 1.29 is 28.7 Å². The summed E-state index contributed by atoms with van der Waals surface area (Å²) in [5, 5.41) is 11.0. The minimum atomic E-state index is -1.32. The molecule has 3 heterocycles. The number of piperidine rings is 1. The van der Waals surface area contributed by atoms with E-state index in [1.165, 1.54) is 22.6 Å². The summed E-state index contributed by atoms with van der Waals surface area (Å²) >= 11 is 6.09. The van der Waals surface area contributed by atoms with E-state index in [1.54, 1.807) is 31.2 Å². The fourth-order valence-corrected chi connectivity index (χ4v) is 9.70. The van der Waals surface area contributed by atoms with Crippen LogP contribution in [0.2, 0.25) is 5.02 Å². The van der Waals surface area contributed by atoms with Gasteiger partial charge in [0.2, 0.25) is 23.6 Å². The largest absolute Gasteiger partial charge is 0.508 e.